The molecule has 0 spiro atoms. The molecule has 1 aliphatic heterocycles. The van der Waals surface area contributed by atoms with Crippen molar-refractivity contribution in [3.8, 4) is 23.0 Å². The van der Waals surface area contributed by atoms with Crippen molar-refractivity contribution in [2.45, 2.75) is 10.6 Å². The molecule has 0 radical (unpaired) electrons. The van der Waals surface area contributed by atoms with E-state index in [0.717, 1.165) is 0 Å². The number of carbonyl (C=O) groups excluding carboxylic acids is 2. The first-order valence-corrected chi connectivity index (χ1v) is 11.8. The molecule has 2 heterocycles. The summed E-state index contributed by atoms with van der Waals surface area (Å²) in [6.07, 6.45) is 0. The second kappa shape index (κ2) is 8.98. The number of aromatic nitrogens is 2. The monoisotopic (exact) mass is 466 g/mol. The highest BCUT2D eigenvalue weighted by atomic mass is 32.2. The van der Waals surface area contributed by atoms with Crippen molar-refractivity contribution in [3.05, 3.63) is 96.2 Å². The molecule has 1 aromatic heterocycles. The summed E-state index contributed by atoms with van der Waals surface area (Å²) in [7, 11) is 0. The van der Waals surface area contributed by atoms with Gasteiger partial charge in [-0.1, -0.05) is 48.5 Å². The van der Waals surface area contributed by atoms with Crippen LogP contribution in [0.2, 0.25) is 0 Å². The molecule has 3 aromatic carbocycles. The highest BCUT2D eigenvalue weighted by molar-refractivity contribution is 7.90. The molecule has 0 saturated heterocycles. The summed E-state index contributed by atoms with van der Waals surface area (Å²) in [6, 6.07) is 27.0. The standard InChI is InChI=1S/C26H18N4O3S/c27-15-20(26(32)28-17-9-3-1-4-10-17)25(31)23-21-16-34(33)22-14-8-7-13-19(22)24(21)30(29-23)18-11-5-2-6-12-18/h1-14,20H,16H2,(H,28,32). The molecular weight excluding hydrogens is 448 g/mol. The van der Waals surface area contributed by atoms with E-state index in [9.17, 15) is 19.4 Å². The lowest BCUT2D eigenvalue weighted by atomic mass is 9.97. The molecule has 0 fully saturated rings. The number of ketones is 1. The average Bonchev–Trinajstić information content (AvgIpc) is 3.25. The van der Waals surface area contributed by atoms with Crippen molar-refractivity contribution in [1.29, 1.82) is 5.26 Å². The van der Waals surface area contributed by atoms with Gasteiger partial charge in [-0.3, -0.25) is 9.59 Å². The number of fused-ring (bicyclic) bond motifs is 3. The summed E-state index contributed by atoms with van der Waals surface area (Å²) >= 11 is -1.39. The maximum atomic E-state index is 13.5. The summed E-state index contributed by atoms with van der Waals surface area (Å²) in [6.45, 7) is 0. The van der Waals surface area contributed by atoms with E-state index in [1.165, 1.54) is 0 Å². The summed E-state index contributed by atoms with van der Waals surface area (Å²) < 4.78 is 14.6. The fraction of sp³-hybridized carbons (Fsp3) is 0.0769. The number of anilines is 1. The number of amides is 1. The van der Waals surface area contributed by atoms with Crippen molar-refractivity contribution in [3.63, 3.8) is 0 Å². The Kier molecular flexibility index (Phi) is 5.72. The smallest absolute Gasteiger partial charge is 0.249 e. The van der Waals surface area contributed by atoms with Crippen molar-refractivity contribution in [2.75, 3.05) is 5.32 Å². The van der Waals surface area contributed by atoms with Crippen LogP contribution in [-0.4, -0.2) is 26.0 Å². The Morgan fingerprint density at radius 2 is 1.65 bits per heavy atom. The normalized spacial score (nSPS) is 14.9. The zero-order chi connectivity index (χ0) is 23.7. The lowest BCUT2D eigenvalue weighted by molar-refractivity contribution is -0.117. The van der Waals surface area contributed by atoms with Crippen LogP contribution in [0, 0.1) is 17.2 Å². The van der Waals surface area contributed by atoms with Gasteiger partial charge in [0.15, 0.2) is 10.8 Å². The minimum atomic E-state index is -1.60. The lowest BCUT2D eigenvalue weighted by Gasteiger charge is -2.21. The molecule has 5 rings (SSSR count). The van der Waals surface area contributed by atoms with Crippen LogP contribution in [0.1, 0.15) is 16.1 Å². The number of hydrogen-bond acceptors (Lipinski definition) is 5. The van der Waals surface area contributed by atoms with E-state index < -0.39 is 28.8 Å². The fourth-order valence-electron chi connectivity index (χ4n) is 4.00. The van der Waals surface area contributed by atoms with E-state index in [2.05, 4.69) is 10.4 Å². The van der Waals surface area contributed by atoms with Gasteiger partial charge in [0.25, 0.3) is 0 Å². The van der Waals surface area contributed by atoms with Crippen molar-refractivity contribution >= 4 is 28.6 Å². The second-order valence-corrected chi connectivity index (χ2v) is 9.11. The molecule has 8 heteroatoms. The van der Waals surface area contributed by atoms with Gasteiger partial charge in [-0.25, -0.2) is 4.68 Å². The number of Topliss-reactive ketones (excluding diaryl/α,β-unsaturated/α-hetero) is 1. The zero-order valence-electron chi connectivity index (χ0n) is 17.8. The molecule has 7 nitrogen and oxygen atoms in total. The topological polar surface area (TPSA) is 111 Å². The molecule has 1 N–H and O–H groups in total. The molecular formula is C26H18N4O3S. The van der Waals surface area contributed by atoms with Crippen LogP contribution in [0.3, 0.4) is 0 Å². The SMILES string of the molecule is N#CC(C(=O)Nc1ccccc1)C(=O)c1nn(-c2ccccc2)c2c1C[S+]([O-])c1ccccc1-2. The predicted octanol–water partition coefficient (Wildman–Crippen LogP) is 4.12. The number of nitrogens with one attached hydrogen (secondary N) is 1. The Balaban J connectivity index is 1.61. The van der Waals surface area contributed by atoms with Crippen molar-refractivity contribution in [2.24, 2.45) is 5.92 Å². The molecule has 2 unspecified atom stereocenters. The largest absolute Gasteiger partial charge is 0.611 e. The average molecular weight is 467 g/mol. The minimum absolute atomic E-state index is 0.0172. The van der Waals surface area contributed by atoms with Gasteiger partial charge < -0.3 is 9.87 Å². The second-order valence-electron chi connectivity index (χ2n) is 7.69. The summed E-state index contributed by atoms with van der Waals surface area (Å²) in [5, 5.41) is 16.9. The number of hydrogen-bond donors (Lipinski definition) is 1. The van der Waals surface area contributed by atoms with E-state index in [1.54, 1.807) is 41.1 Å². The Morgan fingerprint density at radius 1 is 1.00 bits per heavy atom. The van der Waals surface area contributed by atoms with Crippen LogP contribution < -0.4 is 5.32 Å². The summed E-state index contributed by atoms with van der Waals surface area (Å²) in [4.78, 5) is 27.0. The predicted molar refractivity (Wildman–Crippen MR) is 128 cm³/mol. The van der Waals surface area contributed by atoms with Gasteiger partial charge in [-0.15, -0.1) is 0 Å². The van der Waals surface area contributed by atoms with Crippen LogP contribution >= 0.6 is 0 Å². The molecule has 2 atom stereocenters. The van der Waals surface area contributed by atoms with Gasteiger partial charge in [-0.2, -0.15) is 10.4 Å². The first-order valence-electron chi connectivity index (χ1n) is 10.5. The van der Waals surface area contributed by atoms with Gasteiger partial charge >= 0.3 is 0 Å². The third-order valence-electron chi connectivity index (χ3n) is 5.58. The van der Waals surface area contributed by atoms with Crippen LogP contribution in [0.25, 0.3) is 16.9 Å². The highest BCUT2D eigenvalue weighted by Gasteiger charge is 2.39. The fourth-order valence-corrected chi connectivity index (χ4v) is 5.33. The number of benzene rings is 3. The van der Waals surface area contributed by atoms with E-state index >= 15 is 0 Å². The number of carbonyl (C=O) groups is 2. The molecule has 1 amide bonds. The third-order valence-corrected chi connectivity index (χ3v) is 6.97. The first-order chi connectivity index (χ1) is 16.6. The van der Waals surface area contributed by atoms with Crippen LogP contribution in [0.15, 0.2) is 89.8 Å². The van der Waals surface area contributed by atoms with Crippen LogP contribution in [-0.2, 0) is 21.7 Å². The molecule has 0 bridgehead atoms. The van der Waals surface area contributed by atoms with E-state index in [1.807, 2.05) is 54.6 Å². The molecule has 0 aliphatic carbocycles. The van der Waals surface area contributed by atoms with Crippen LogP contribution in [0.4, 0.5) is 5.69 Å². The highest BCUT2D eigenvalue weighted by Crippen LogP contribution is 2.41. The van der Waals surface area contributed by atoms with Crippen LogP contribution in [0.5, 0.6) is 0 Å². The maximum Gasteiger partial charge on any atom is 0.249 e. The molecule has 1 aliphatic rings. The van der Waals surface area contributed by atoms with Gasteiger partial charge in [0.2, 0.25) is 11.7 Å². The van der Waals surface area contributed by atoms with Gasteiger partial charge in [0.05, 0.1) is 28.6 Å². The number of rotatable bonds is 5. The Bertz CT molecular complexity index is 1430. The van der Waals surface area contributed by atoms with E-state index in [4.69, 9.17) is 0 Å². The Morgan fingerprint density at radius 3 is 2.35 bits per heavy atom. The van der Waals surface area contributed by atoms with Gasteiger partial charge in [-0.05, 0) is 47.6 Å². The molecule has 166 valence electrons. The molecule has 34 heavy (non-hydrogen) atoms. The molecule has 4 aromatic rings. The van der Waals surface area contributed by atoms with E-state index in [-0.39, 0.29) is 11.4 Å². The Labute approximate surface area is 198 Å². The third kappa shape index (κ3) is 3.77. The zero-order valence-corrected chi connectivity index (χ0v) is 18.7. The molecule has 0 saturated carbocycles. The summed E-state index contributed by atoms with van der Waals surface area (Å²) in [5.74, 6) is -3.00. The number of nitrogens with zero attached hydrogens (tertiary/aromatic N) is 3. The van der Waals surface area contributed by atoms with Gasteiger partial charge in [0.1, 0.15) is 11.4 Å². The van der Waals surface area contributed by atoms with Crippen molar-refractivity contribution in [1.82, 2.24) is 9.78 Å². The maximum absolute atomic E-state index is 13.5. The minimum Gasteiger partial charge on any atom is -0.611 e. The first kappa shape index (κ1) is 21.6. The van der Waals surface area contributed by atoms with Crippen molar-refractivity contribution < 1.29 is 14.1 Å². The van der Waals surface area contributed by atoms with Gasteiger partial charge in [0, 0.05) is 5.69 Å². The summed E-state index contributed by atoms with van der Waals surface area (Å²) in [5.41, 5.74) is 3.00. The lowest BCUT2D eigenvalue weighted by Crippen LogP contribution is -2.30. The quantitative estimate of drug-likeness (QED) is 0.270. The Hall–Kier alpha value is -4.19. The number of nitriles is 1. The van der Waals surface area contributed by atoms with E-state index in [0.29, 0.717) is 33.1 Å². The number of para-hydroxylation sites is 2.